The first-order chi connectivity index (χ1) is 15.8. The molecule has 2 aliphatic rings. The van der Waals surface area contributed by atoms with Gasteiger partial charge in [-0.2, -0.15) is 0 Å². The van der Waals surface area contributed by atoms with E-state index in [0.29, 0.717) is 16.3 Å². The van der Waals surface area contributed by atoms with E-state index >= 15 is 0 Å². The number of amides is 2. The number of benzene rings is 2. The van der Waals surface area contributed by atoms with Crippen LogP contribution in [0.1, 0.15) is 79.7 Å². The van der Waals surface area contributed by atoms with Gasteiger partial charge in [0.1, 0.15) is 11.4 Å². The molecule has 2 fully saturated rings. The first-order valence-corrected chi connectivity index (χ1v) is 13.3. The van der Waals surface area contributed by atoms with Gasteiger partial charge in [0, 0.05) is 11.8 Å². The quantitative estimate of drug-likeness (QED) is 0.550. The lowest BCUT2D eigenvalue weighted by atomic mass is 9.86. The van der Waals surface area contributed by atoms with Crippen LogP contribution in [0.25, 0.3) is 0 Å². The lowest BCUT2D eigenvalue weighted by molar-refractivity contribution is -0.125. The number of carbonyl (C=O) groups is 2. The highest BCUT2D eigenvalue weighted by atomic mass is 35.5. The zero-order valence-electron chi connectivity index (χ0n) is 19.6. The molecule has 1 saturated heterocycles. The van der Waals surface area contributed by atoms with Crippen LogP contribution in [0.15, 0.2) is 48.5 Å². The Kier molecular flexibility index (Phi) is 7.40. The Morgan fingerprint density at radius 1 is 1.00 bits per heavy atom. The van der Waals surface area contributed by atoms with Crippen molar-refractivity contribution in [3.8, 4) is 0 Å². The number of rotatable bonds is 4. The van der Waals surface area contributed by atoms with E-state index in [1.807, 2.05) is 12.1 Å². The lowest BCUT2D eigenvalue weighted by Gasteiger charge is -2.31. The molecule has 0 aromatic heterocycles. The average molecular weight is 485 g/mol. The number of hydrogen-bond donors (Lipinski definition) is 1. The third kappa shape index (κ3) is 5.41. The van der Waals surface area contributed by atoms with E-state index in [4.69, 9.17) is 11.6 Å². The van der Waals surface area contributed by atoms with Crippen LogP contribution in [-0.2, 0) is 10.2 Å². The summed E-state index contributed by atoms with van der Waals surface area (Å²) in [6.07, 6.45) is 5.56. The Morgan fingerprint density at radius 3 is 2.30 bits per heavy atom. The van der Waals surface area contributed by atoms with Crippen molar-refractivity contribution in [2.75, 3.05) is 5.75 Å². The van der Waals surface area contributed by atoms with E-state index in [9.17, 15) is 9.59 Å². The van der Waals surface area contributed by atoms with Gasteiger partial charge in [0.25, 0.3) is 5.91 Å². The van der Waals surface area contributed by atoms with Gasteiger partial charge in [-0.15, -0.1) is 11.8 Å². The molecule has 2 atom stereocenters. The minimum absolute atomic E-state index is 0.0522. The smallest absolute Gasteiger partial charge is 0.257 e. The average Bonchev–Trinajstić information content (AvgIpc) is 3.24. The predicted molar refractivity (Wildman–Crippen MR) is 137 cm³/mol. The molecule has 2 aromatic rings. The second-order valence-corrected chi connectivity index (χ2v) is 11.6. The predicted octanol–water partition coefficient (Wildman–Crippen LogP) is 6.34. The maximum atomic E-state index is 13.7. The van der Waals surface area contributed by atoms with Gasteiger partial charge in [-0.3, -0.25) is 9.59 Å². The molecule has 1 saturated carbocycles. The van der Waals surface area contributed by atoms with Crippen LogP contribution in [0, 0.1) is 0 Å². The largest absolute Gasteiger partial charge is 0.352 e. The summed E-state index contributed by atoms with van der Waals surface area (Å²) in [5, 5.41) is 3.41. The number of carbonyl (C=O) groups excluding carboxylic acids is 2. The zero-order valence-corrected chi connectivity index (χ0v) is 21.2. The van der Waals surface area contributed by atoms with Gasteiger partial charge in [-0.25, -0.2) is 0 Å². The van der Waals surface area contributed by atoms with Crippen molar-refractivity contribution in [2.24, 2.45) is 0 Å². The summed E-state index contributed by atoms with van der Waals surface area (Å²) in [6, 6.07) is 15.2. The zero-order chi connectivity index (χ0) is 23.6. The van der Waals surface area contributed by atoms with Gasteiger partial charge >= 0.3 is 0 Å². The fraction of sp³-hybridized carbons (Fsp3) is 0.481. The maximum Gasteiger partial charge on any atom is 0.257 e. The van der Waals surface area contributed by atoms with Gasteiger partial charge in [-0.1, -0.05) is 88.0 Å². The standard InChI is InChI=1S/C27H33ClN2O2S/c1-27(2,3)19-15-13-18(14-16-19)26-30(25(32)21-11-7-8-12-22(21)28)23(17-33-26)24(31)29-20-9-5-4-6-10-20/h7-8,11-16,20,23,26H,4-6,9-10,17H2,1-3H3,(H,29,31). The number of nitrogens with zero attached hydrogens (tertiary/aromatic N) is 1. The van der Waals surface area contributed by atoms with Crippen molar-refractivity contribution >= 4 is 35.2 Å². The Morgan fingerprint density at radius 2 is 1.67 bits per heavy atom. The summed E-state index contributed by atoms with van der Waals surface area (Å²) in [5.74, 6) is 0.323. The summed E-state index contributed by atoms with van der Waals surface area (Å²) in [4.78, 5) is 28.8. The topological polar surface area (TPSA) is 49.4 Å². The van der Waals surface area contributed by atoms with E-state index in [2.05, 4.69) is 50.4 Å². The van der Waals surface area contributed by atoms with Crippen molar-refractivity contribution in [1.29, 1.82) is 0 Å². The van der Waals surface area contributed by atoms with E-state index in [1.165, 1.54) is 12.0 Å². The number of nitrogens with one attached hydrogen (secondary N) is 1. The van der Waals surface area contributed by atoms with Crippen molar-refractivity contribution in [1.82, 2.24) is 10.2 Å². The highest BCUT2D eigenvalue weighted by molar-refractivity contribution is 7.99. The molecule has 1 aliphatic heterocycles. The molecule has 176 valence electrons. The normalized spacial score (nSPS) is 21.8. The van der Waals surface area contributed by atoms with E-state index in [0.717, 1.165) is 31.2 Å². The van der Waals surface area contributed by atoms with Crippen molar-refractivity contribution < 1.29 is 9.59 Å². The first-order valence-electron chi connectivity index (χ1n) is 11.9. The SMILES string of the molecule is CC(C)(C)c1ccc(C2SCC(C(=O)NC3CCCCC3)N2C(=O)c2ccccc2Cl)cc1. The first kappa shape index (κ1) is 24.2. The summed E-state index contributed by atoms with van der Waals surface area (Å²) >= 11 is 8.04. The molecule has 33 heavy (non-hydrogen) atoms. The molecule has 2 aromatic carbocycles. The van der Waals surface area contributed by atoms with Crippen molar-refractivity contribution in [2.45, 2.75) is 75.7 Å². The second kappa shape index (κ2) is 10.1. The maximum absolute atomic E-state index is 13.7. The van der Waals surface area contributed by atoms with Crippen molar-refractivity contribution in [3.63, 3.8) is 0 Å². The molecule has 1 heterocycles. The van der Waals surface area contributed by atoms with Gasteiger partial charge in [-0.05, 0) is 41.5 Å². The molecular weight excluding hydrogens is 452 g/mol. The van der Waals surface area contributed by atoms with Crippen molar-refractivity contribution in [3.05, 3.63) is 70.2 Å². The highest BCUT2D eigenvalue weighted by Crippen LogP contribution is 2.43. The van der Waals surface area contributed by atoms with Gasteiger partial charge in [0.05, 0.1) is 10.6 Å². The molecule has 2 unspecified atom stereocenters. The summed E-state index contributed by atoms with van der Waals surface area (Å²) in [5.41, 5.74) is 2.76. The minimum Gasteiger partial charge on any atom is -0.352 e. The third-order valence-electron chi connectivity index (χ3n) is 6.66. The monoisotopic (exact) mass is 484 g/mol. The van der Waals surface area contributed by atoms with Crippen LogP contribution in [0.2, 0.25) is 5.02 Å². The van der Waals surface area contributed by atoms with E-state index in [-0.39, 0.29) is 28.6 Å². The van der Waals surface area contributed by atoms with Gasteiger partial charge in [0.15, 0.2) is 0 Å². The van der Waals surface area contributed by atoms with Crippen LogP contribution in [0.3, 0.4) is 0 Å². The highest BCUT2D eigenvalue weighted by Gasteiger charge is 2.43. The van der Waals surface area contributed by atoms with Crippen LogP contribution in [-0.4, -0.2) is 34.6 Å². The summed E-state index contributed by atoms with van der Waals surface area (Å²) in [6.45, 7) is 6.56. The molecule has 2 amide bonds. The van der Waals surface area contributed by atoms with E-state index in [1.54, 1.807) is 28.8 Å². The Balaban J connectivity index is 1.63. The number of halogens is 1. The Bertz CT molecular complexity index is 996. The molecule has 1 aliphatic carbocycles. The third-order valence-corrected chi connectivity index (χ3v) is 8.31. The van der Waals surface area contributed by atoms with Gasteiger partial charge < -0.3 is 10.2 Å². The summed E-state index contributed by atoms with van der Waals surface area (Å²) < 4.78 is 0. The van der Waals surface area contributed by atoms with Crippen LogP contribution in [0.5, 0.6) is 0 Å². The lowest BCUT2D eigenvalue weighted by Crippen LogP contribution is -2.50. The van der Waals surface area contributed by atoms with Crippen LogP contribution < -0.4 is 5.32 Å². The Labute approximate surface area is 206 Å². The molecule has 4 nitrogen and oxygen atoms in total. The number of hydrogen-bond acceptors (Lipinski definition) is 3. The number of thioether (sulfide) groups is 1. The summed E-state index contributed by atoms with van der Waals surface area (Å²) in [7, 11) is 0. The fourth-order valence-electron chi connectivity index (χ4n) is 4.68. The fourth-order valence-corrected chi connectivity index (χ4v) is 6.32. The minimum atomic E-state index is -0.520. The molecular formula is C27H33ClN2O2S. The molecule has 0 radical (unpaired) electrons. The molecule has 6 heteroatoms. The second-order valence-electron chi connectivity index (χ2n) is 10.1. The van der Waals surface area contributed by atoms with Crippen LogP contribution in [0.4, 0.5) is 0 Å². The Hall–Kier alpha value is -1.98. The molecule has 1 N–H and O–H groups in total. The van der Waals surface area contributed by atoms with E-state index < -0.39 is 6.04 Å². The molecule has 0 spiro atoms. The van der Waals surface area contributed by atoms with Crippen LogP contribution >= 0.6 is 23.4 Å². The molecule has 4 rings (SSSR count). The van der Waals surface area contributed by atoms with Gasteiger partial charge in [0.2, 0.25) is 5.91 Å². The molecule has 0 bridgehead atoms.